The average Bonchev–Trinajstić information content (AvgIpc) is 3.32. The summed E-state index contributed by atoms with van der Waals surface area (Å²) in [7, 11) is 1.71. The molecular formula is C18H36N4O2. The number of likely N-dealkylation sites (tertiary alicyclic amines) is 1. The first-order valence-electron chi connectivity index (χ1n) is 9.62. The van der Waals surface area contributed by atoms with Crippen LogP contribution in [0.4, 0.5) is 0 Å². The molecule has 1 N–H and O–H groups in total. The molecule has 2 aliphatic rings. The highest BCUT2D eigenvalue weighted by Crippen LogP contribution is 2.26. The predicted octanol–water partition coefficient (Wildman–Crippen LogP) is 1.42. The summed E-state index contributed by atoms with van der Waals surface area (Å²) in [6.45, 7) is 12.7. The van der Waals surface area contributed by atoms with Crippen molar-refractivity contribution in [1.29, 1.82) is 0 Å². The molecule has 1 unspecified atom stereocenters. The van der Waals surface area contributed by atoms with E-state index in [9.17, 15) is 0 Å². The van der Waals surface area contributed by atoms with E-state index in [1.807, 2.05) is 0 Å². The summed E-state index contributed by atoms with van der Waals surface area (Å²) in [5.41, 5.74) is 0. The van der Waals surface area contributed by atoms with E-state index in [0.29, 0.717) is 19.1 Å². The molecule has 2 rings (SSSR count). The van der Waals surface area contributed by atoms with E-state index in [2.05, 4.69) is 29.0 Å². The number of aliphatic imine (C=N–C) groups is 1. The standard InChI is InChI=1S/C18H36N4O2/c1-4-19-18(20-9-11-21(5-2)17-6-7-17)22-10-8-16(14-22)15-24-13-12-23-3/h16-17H,4-15H2,1-3H3,(H,19,20). The number of ether oxygens (including phenoxy) is 2. The number of hydrogen-bond donors (Lipinski definition) is 1. The lowest BCUT2D eigenvalue weighted by Gasteiger charge is -2.23. The van der Waals surface area contributed by atoms with Crippen LogP contribution in [0.25, 0.3) is 0 Å². The molecule has 0 aromatic heterocycles. The first kappa shape index (κ1) is 19.5. The minimum atomic E-state index is 0.601. The zero-order valence-electron chi connectivity index (χ0n) is 15.8. The second-order valence-electron chi connectivity index (χ2n) is 6.76. The van der Waals surface area contributed by atoms with Gasteiger partial charge in [0.2, 0.25) is 0 Å². The number of nitrogens with zero attached hydrogens (tertiary/aromatic N) is 3. The topological polar surface area (TPSA) is 49.3 Å². The van der Waals surface area contributed by atoms with Gasteiger partial charge in [0.1, 0.15) is 0 Å². The van der Waals surface area contributed by atoms with Crippen LogP contribution in [0.3, 0.4) is 0 Å². The van der Waals surface area contributed by atoms with Gasteiger partial charge in [-0.2, -0.15) is 0 Å². The molecule has 1 atom stereocenters. The Bertz CT molecular complexity index is 374. The Morgan fingerprint density at radius 3 is 2.75 bits per heavy atom. The number of guanidine groups is 1. The minimum Gasteiger partial charge on any atom is -0.382 e. The number of hydrogen-bond acceptors (Lipinski definition) is 4. The Hall–Kier alpha value is -0.850. The first-order chi connectivity index (χ1) is 11.8. The minimum absolute atomic E-state index is 0.601. The van der Waals surface area contributed by atoms with Gasteiger partial charge < -0.3 is 19.7 Å². The van der Waals surface area contributed by atoms with Gasteiger partial charge in [0.15, 0.2) is 5.96 Å². The Kier molecular flexibility index (Phi) is 8.84. The van der Waals surface area contributed by atoms with Crippen LogP contribution < -0.4 is 5.32 Å². The SMILES string of the molecule is CCNC(=NCCN(CC)C1CC1)N1CCC(COCCOC)C1. The smallest absolute Gasteiger partial charge is 0.193 e. The Labute approximate surface area is 147 Å². The van der Waals surface area contributed by atoms with Crippen molar-refractivity contribution in [1.82, 2.24) is 15.1 Å². The largest absolute Gasteiger partial charge is 0.382 e. The lowest BCUT2D eigenvalue weighted by molar-refractivity contribution is 0.0536. The Morgan fingerprint density at radius 1 is 1.25 bits per heavy atom. The third-order valence-electron chi connectivity index (χ3n) is 4.82. The van der Waals surface area contributed by atoms with Crippen molar-refractivity contribution in [3.63, 3.8) is 0 Å². The van der Waals surface area contributed by atoms with Gasteiger partial charge in [0, 0.05) is 45.2 Å². The zero-order valence-corrected chi connectivity index (χ0v) is 15.8. The molecule has 0 aromatic rings. The average molecular weight is 341 g/mol. The summed E-state index contributed by atoms with van der Waals surface area (Å²) in [6, 6.07) is 0.827. The van der Waals surface area contributed by atoms with Crippen LogP contribution in [0.1, 0.15) is 33.1 Å². The lowest BCUT2D eigenvalue weighted by Crippen LogP contribution is -2.41. The van der Waals surface area contributed by atoms with Crippen LogP contribution in [-0.4, -0.2) is 88.0 Å². The summed E-state index contributed by atoms with van der Waals surface area (Å²) < 4.78 is 10.7. The van der Waals surface area contributed by atoms with Crippen molar-refractivity contribution in [2.45, 2.75) is 39.2 Å². The van der Waals surface area contributed by atoms with Crippen molar-refractivity contribution >= 4 is 5.96 Å². The molecule has 0 radical (unpaired) electrons. The second kappa shape index (κ2) is 10.9. The number of nitrogens with one attached hydrogen (secondary N) is 1. The normalized spacial score (nSPS) is 21.8. The predicted molar refractivity (Wildman–Crippen MR) is 98.6 cm³/mol. The molecule has 1 saturated heterocycles. The van der Waals surface area contributed by atoms with Gasteiger partial charge >= 0.3 is 0 Å². The monoisotopic (exact) mass is 340 g/mol. The third kappa shape index (κ3) is 6.57. The Balaban J connectivity index is 1.73. The highest BCUT2D eigenvalue weighted by atomic mass is 16.5. The van der Waals surface area contributed by atoms with Crippen LogP contribution in [0.15, 0.2) is 4.99 Å². The van der Waals surface area contributed by atoms with E-state index < -0.39 is 0 Å². The molecule has 1 aliphatic heterocycles. The molecule has 1 heterocycles. The molecule has 0 amide bonds. The molecule has 1 saturated carbocycles. The van der Waals surface area contributed by atoms with Crippen LogP contribution in [0.5, 0.6) is 0 Å². The van der Waals surface area contributed by atoms with Gasteiger partial charge in [0.25, 0.3) is 0 Å². The number of methoxy groups -OCH3 is 1. The van der Waals surface area contributed by atoms with Gasteiger partial charge in [0.05, 0.1) is 26.4 Å². The van der Waals surface area contributed by atoms with E-state index in [1.54, 1.807) is 7.11 Å². The van der Waals surface area contributed by atoms with Crippen molar-refractivity contribution in [3.8, 4) is 0 Å². The van der Waals surface area contributed by atoms with Crippen molar-refractivity contribution < 1.29 is 9.47 Å². The molecule has 6 nitrogen and oxygen atoms in total. The first-order valence-corrected chi connectivity index (χ1v) is 9.62. The van der Waals surface area contributed by atoms with Crippen LogP contribution >= 0.6 is 0 Å². The van der Waals surface area contributed by atoms with Gasteiger partial charge in [-0.15, -0.1) is 0 Å². The van der Waals surface area contributed by atoms with E-state index in [4.69, 9.17) is 14.5 Å². The number of rotatable bonds is 11. The summed E-state index contributed by atoms with van der Waals surface area (Å²) in [5.74, 6) is 1.67. The fraction of sp³-hybridized carbons (Fsp3) is 0.944. The number of likely N-dealkylation sites (N-methyl/N-ethyl adjacent to an activating group) is 1. The molecule has 140 valence electrons. The quantitative estimate of drug-likeness (QED) is 0.350. The summed E-state index contributed by atoms with van der Waals surface area (Å²) in [6.07, 6.45) is 3.92. The van der Waals surface area contributed by atoms with E-state index in [0.717, 1.165) is 57.9 Å². The summed E-state index contributed by atoms with van der Waals surface area (Å²) in [5, 5.41) is 3.45. The van der Waals surface area contributed by atoms with Gasteiger partial charge in [-0.25, -0.2) is 0 Å². The molecule has 24 heavy (non-hydrogen) atoms. The fourth-order valence-electron chi connectivity index (χ4n) is 3.30. The third-order valence-corrected chi connectivity index (χ3v) is 4.82. The van der Waals surface area contributed by atoms with Crippen LogP contribution in [0, 0.1) is 5.92 Å². The molecule has 2 fully saturated rings. The molecule has 6 heteroatoms. The molecular weight excluding hydrogens is 304 g/mol. The summed E-state index contributed by atoms with van der Waals surface area (Å²) >= 11 is 0. The molecule has 0 bridgehead atoms. The highest BCUT2D eigenvalue weighted by Gasteiger charge is 2.28. The maximum absolute atomic E-state index is 5.69. The van der Waals surface area contributed by atoms with E-state index in [1.165, 1.54) is 19.3 Å². The second-order valence-corrected chi connectivity index (χ2v) is 6.76. The van der Waals surface area contributed by atoms with E-state index in [-0.39, 0.29) is 0 Å². The van der Waals surface area contributed by atoms with Crippen molar-refractivity contribution in [3.05, 3.63) is 0 Å². The highest BCUT2D eigenvalue weighted by molar-refractivity contribution is 5.80. The van der Waals surface area contributed by atoms with Gasteiger partial charge in [-0.1, -0.05) is 6.92 Å². The maximum Gasteiger partial charge on any atom is 0.193 e. The van der Waals surface area contributed by atoms with Crippen molar-refractivity contribution in [2.24, 2.45) is 10.9 Å². The van der Waals surface area contributed by atoms with Gasteiger partial charge in [-0.3, -0.25) is 9.89 Å². The molecule has 0 aromatic carbocycles. The molecule has 1 aliphatic carbocycles. The maximum atomic E-state index is 5.69. The van der Waals surface area contributed by atoms with Crippen LogP contribution in [0.2, 0.25) is 0 Å². The zero-order chi connectivity index (χ0) is 17.2. The van der Waals surface area contributed by atoms with Crippen molar-refractivity contribution in [2.75, 3.05) is 66.2 Å². The molecule has 0 spiro atoms. The van der Waals surface area contributed by atoms with Crippen LogP contribution in [-0.2, 0) is 9.47 Å². The lowest BCUT2D eigenvalue weighted by atomic mass is 10.1. The fourth-order valence-corrected chi connectivity index (χ4v) is 3.30. The van der Waals surface area contributed by atoms with E-state index >= 15 is 0 Å². The summed E-state index contributed by atoms with van der Waals surface area (Å²) in [4.78, 5) is 9.82. The van der Waals surface area contributed by atoms with Gasteiger partial charge in [-0.05, 0) is 32.7 Å². The Morgan fingerprint density at radius 2 is 2.08 bits per heavy atom.